The van der Waals surface area contributed by atoms with Crippen LogP contribution >= 0.6 is 7.82 Å². The molecule has 0 amide bonds. The lowest BCUT2D eigenvalue weighted by atomic mass is 10.0. The zero-order chi connectivity index (χ0) is 39.1. The Morgan fingerprint density at radius 1 is 0.585 bits per heavy atom. The molecule has 8 nitrogen and oxygen atoms in total. The number of likely N-dealkylation sites (N-methyl/N-ethyl adjacent to an activating group) is 1. The summed E-state index contributed by atoms with van der Waals surface area (Å²) in [5, 5.41) is 0. The van der Waals surface area contributed by atoms with Crippen molar-refractivity contribution in [2.24, 2.45) is 0 Å². The average molecular weight is 772 g/mol. The average Bonchev–Trinajstić information content (AvgIpc) is 3.11. The molecule has 314 valence electrons. The number of quaternary nitrogens is 1. The second-order valence-electron chi connectivity index (χ2n) is 16.1. The molecule has 0 saturated carbocycles. The van der Waals surface area contributed by atoms with Gasteiger partial charge in [0.2, 0.25) is 0 Å². The predicted octanol–water partition coefficient (Wildman–Crippen LogP) is 12.5. The number of hydrogen-bond donors (Lipinski definition) is 0. The molecule has 0 fully saturated rings. The van der Waals surface area contributed by atoms with E-state index < -0.39 is 13.9 Å². The summed E-state index contributed by atoms with van der Waals surface area (Å²) >= 11 is 0. The largest absolute Gasteiger partial charge is 0.756 e. The number of ether oxygens (including phenoxy) is 2. The summed E-state index contributed by atoms with van der Waals surface area (Å²) < 4.78 is 34.3. The van der Waals surface area contributed by atoms with Gasteiger partial charge in [0.1, 0.15) is 19.8 Å². The number of hydrogen-bond acceptors (Lipinski definition) is 7. The first-order chi connectivity index (χ1) is 25.6. The number of unbranched alkanes of at least 4 members (excludes halogenated alkanes) is 25. The number of allylic oxidation sites excluding steroid dienone is 3. The molecule has 0 aromatic rings. The zero-order valence-corrected chi connectivity index (χ0v) is 36.4. The van der Waals surface area contributed by atoms with E-state index in [4.69, 9.17) is 18.5 Å². The topological polar surface area (TPSA) is 94.1 Å². The van der Waals surface area contributed by atoms with Crippen molar-refractivity contribution < 1.29 is 37.3 Å². The minimum Gasteiger partial charge on any atom is -0.756 e. The molecule has 0 aliphatic rings. The molecule has 0 aliphatic carbocycles. The Labute approximate surface area is 328 Å². The second-order valence-corrected chi connectivity index (χ2v) is 17.5. The smallest absolute Gasteiger partial charge is 0.306 e. The Morgan fingerprint density at radius 3 is 1.47 bits per heavy atom. The van der Waals surface area contributed by atoms with Gasteiger partial charge in [-0.2, -0.15) is 0 Å². The second kappa shape index (κ2) is 37.7. The maximum Gasteiger partial charge on any atom is 0.306 e. The van der Waals surface area contributed by atoms with E-state index in [9.17, 15) is 14.3 Å². The summed E-state index contributed by atoms with van der Waals surface area (Å²) in [4.78, 5) is 25.0. The van der Waals surface area contributed by atoms with Gasteiger partial charge in [-0.3, -0.25) is 9.36 Å². The maximum atomic E-state index is 12.6. The van der Waals surface area contributed by atoms with Gasteiger partial charge in [-0.15, -0.1) is 0 Å². The standard InChI is InChI=1S/C44H86NO7P/c1-6-8-10-12-14-16-18-20-21-22-23-24-26-28-30-32-34-36-39-49-41-43(42-51-53(47,48)50-40-38-45(3,4)5)52-44(46)37-35-33-31-29-27-25-19-17-15-13-11-9-7-2/h17,19,36,39,43H,6-16,18,20-35,37-38,40-42H2,1-5H3/b19-17-,39-36-/t43-/m1/s1. The highest BCUT2D eigenvalue weighted by Crippen LogP contribution is 2.38. The fraction of sp³-hybridized carbons (Fsp3) is 0.886. The molecule has 0 heterocycles. The minimum absolute atomic E-state index is 0.0165. The van der Waals surface area contributed by atoms with Gasteiger partial charge in [-0.25, -0.2) is 0 Å². The number of nitrogens with zero attached hydrogens (tertiary/aromatic N) is 1. The van der Waals surface area contributed by atoms with Crippen molar-refractivity contribution in [2.75, 3.05) is 47.5 Å². The number of phosphoric ester groups is 1. The van der Waals surface area contributed by atoms with Crippen LogP contribution in [0.4, 0.5) is 0 Å². The molecule has 0 radical (unpaired) electrons. The van der Waals surface area contributed by atoms with Crippen molar-refractivity contribution in [3.8, 4) is 0 Å². The molecular weight excluding hydrogens is 685 g/mol. The molecule has 0 rings (SSSR count). The Kier molecular flexibility index (Phi) is 36.9. The van der Waals surface area contributed by atoms with Crippen LogP contribution in [0.1, 0.15) is 200 Å². The van der Waals surface area contributed by atoms with Gasteiger partial charge in [0.15, 0.2) is 6.10 Å². The van der Waals surface area contributed by atoms with Crippen LogP contribution in [0.15, 0.2) is 24.5 Å². The third-order valence-electron chi connectivity index (χ3n) is 9.57. The minimum atomic E-state index is -4.54. The molecule has 0 spiro atoms. The van der Waals surface area contributed by atoms with Gasteiger partial charge in [0, 0.05) is 6.42 Å². The molecule has 1 unspecified atom stereocenters. The first-order valence-corrected chi connectivity index (χ1v) is 23.6. The van der Waals surface area contributed by atoms with Gasteiger partial charge in [-0.1, -0.05) is 161 Å². The first-order valence-electron chi connectivity index (χ1n) is 22.1. The summed E-state index contributed by atoms with van der Waals surface area (Å²) in [5.74, 6) is -0.364. The molecule has 0 aliphatic heterocycles. The van der Waals surface area contributed by atoms with E-state index in [1.807, 2.05) is 27.2 Å². The van der Waals surface area contributed by atoms with Crippen LogP contribution < -0.4 is 4.89 Å². The van der Waals surface area contributed by atoms with Gasteiger partial charge in [0.25, 0.3) is 7.82 Å². The van der Waals surface area contributed by atoms with E-state index in [2.05, 4.69) is 26.0 Å². The quantitative estimate of drug-likeness (QED) is 0.0152. The van der Waals surface area contributed by atoms with Crippen molar-refractivity contribution in [1.29, 1.82) is 0 Å². The highest BCUT2D eigenvalue weighted by atomic mass is 31.2. The Morgan fingerprint density at radius 2 is 1.00 bits per heavy atom. The highest BCUT2D eigenvalue weighted by Gasteiger charge is 2.20. The lowest BCUT2D eigenvalue weighted by Crippen LogP contribution is -2.37. The fourth-order valence-electron chi connectivity index (χ4n) is 6.09. The third kappa shape index (κ3) is 41.8. The molecule has 0 saturated heterocycles. The number of carbonyl (C=O) groups is 1. The zero-order valence-electron chi connectivity index (χ0n) is 35.5. The Hall–Kier alpha value is -1.18. The van der Waals surface area contributed by atoms with Gasteiger partial charge < -0.3 is 27.9 Å². The van der Waals surface area contributed by atoms with Crippen LogP contribution in [-0.4, -0.2) is 64.1 Å². The van der Waals surface area contributed by atoms with E-state index >= 15 is 0 Å². The molecule has 53 heavy (non-hydrogen) atoms. The van der Waals surface area contributed by atoms with Crippen molar-refractivity contribution >= 4 is 13.8 Å². The van der Waals surface area contributed by atoms with Crippen LogP contribution in [0.3, 0.4) is 0 Å². The van der Waals surface area contributed by atoms with Crippen LogP contribution in [0.5, 0.6) is 0 Å². The third-order valence-corrected chi connectivity index (χ3v) is 10.5. The fourth-order valence-corrected chi connectivity index (χ4v) is 6.82. The summed E-state index contributed by atoms with van der Waals surface area (Å²) in [6.45, 7) is 4.73. The molecular formula is C44H86NO7P. The normalized spacial score (nSPS) is 13.9. The van der Waals surface area contributed by atoms with Crippen molar-refractivity contribution in [3.63, 3.8) is 0 Å². The van der Waals surface area contributed by atoms with Crippen molar-refractivity contribution in [3.05, 3.63) is 24.5 Å². The molecule has 0 bridgehead atoms. The van der Waals surface area contributed by atoms with E-state index in [-0.39, 0.29) is 32.2 Å². The lowest BCUT2D eigenvalue weighted by Gasteiger charge is -2.28. The summed E-state index contributed by atoms with van der Waals surface area (Å²) in [5.41, 5.74) is 0. The summed E-state index contributed by atoms with van der Waals surface area (Å²) in [7, 11) is 1.32. The Bertz CT molecular complexity index is 905. The number of rotatable bonds is 41. The van der Waals surface area contributed by atoms with Gasteiger partial charge >= 0.3 is 5.97 Å². The lowest BCUT2D eigenvalue weighted by molar-refractivity contribution is -0.870. The van der Waals surface area contributed by atoms with Crippen LogP contribution in [0.25, 0.3) is 0 Å². The molecule has 2 atom stereocenters. The molecule has 9 heteroatoms. The highest BCUT2D eigenvalue weighted by molar-refractivity contribution is 7.45. The van der Waals surface area contributed by atoms with Crippen molar-refractivity contribution in [1.82, 2.24) is 0 Å². The van der Waals surface area contributed by atoms with E-state index in [1.54, 1.807) is 6.26 Å². The van der Waals surface area contributed by atoms with Crippen LogP contribution in [0.2, 0.25) is 0 Å². The molecule has 0 aromatic carbocycles. The van der Waals surface area contributed by atoms with Crippen LogP contribution in [-0.2, 0) is 27.9 Å². The van der Waals surface area contributed by atoms with Crippen LogP contribution in [0, 0.1) is 0 Å². The number of phosphoric acid groups is 1. The monoisotopic (exact) mass is 772 g/mol. The molecule has 0 aromatic heterocycles. The van der Waals surface area contributed by atoms with Crippen molar-refractivity contribution in [2.45, 2.75) is 206 Å². The summed E-state index contributed by atoms with van der Waals surface area (Å²) in [6.07, 6.45) is 42.8. The van der Waals surface area contributed by atoms with Gasteiger partial charge in [-0.05, 0) is 51.0 Å². The van der Waals surface area contributed by atoms with E-state index in [0.717, 1.165) is 44.9 Å². The SMILES string of the molecule is CCCCCC/C=C\CCCCCCCC(=O)O[C@H](CO/C=C\CCCCCCCCCCCCCCCCCC)COP(=O)([O-])OCC[N+](C)(C)C. The number of esters is 1. The molecule has 0 N–H and O–H groups in total. The maximum absolute atomic E-state index is 12.6. The van der Waals surface area contributed by atoms with Gasteiger partial charge in [0.05, 0.1) is 34.0 Å². The number of carbonyl (C=O) groups excluding carboxylic acids is 1. The Balaban J connectivity index is 4.25. The van der Waals surface area contributed by atoms with E-state index in [0.29, 0.717) is 11.0 Å². The predicted molar refractivity (Wildman–Crippen MR) is 222 cm³/mol. The summed E-state index contributed by atoms with van der Waals surface area (Å²) in [6, 6.07) is 0. The van der Waals surface area contributed by atoms with E-state index in [1.165, 1.54) is 135 Å². The first kappa shape index (κ1) is 51.8.